The van der Waals surface area contributed by atoms with E-state index in [4.69, 9.17) is 4.74 Å². The van der Waals surface area contributed by atoms with Gasteiger partial charge in [0.1, 0.15) is 5.56 Å². The van der Waals surface area contributed by atoms with Gasteiger partial charge >= 0.3 is 0 Å². The van der Waals surface area contributed by atoms with E-state index in [2.05, 4.69) is 20.6 Å². The van der Waals surface area contributed by atoms with Gasteiger partial charge in [0, 0.05) is 18.6 Å². The van der Waals surface area contributed by atoms with E-state index in [9.17, 15) is 9.59 Å². The molecule has 2 N–H and O–H groups in total. The van der Waals surface area contributed by atoms with E-state index in [0.29, 0.717) is 22.0 Å². The lowest BCUT2D eigenvalue weighted by molar-refractivity contribution is 0.0947. The molecule has 0 aliphatic rings. The quantitative estimate of drug-likeness (QED) is 0.734. The molecule has 0 aliphatic heterocycles. The number of benzene rings is 1. The largest absolute Gasteiger partial charge is 0.479 e. The number of nitrogens with zero attached hydrogens (tertiary/aromatic N) is 3. The number of hydrogen-bond acceptors (Lipinski definition) is 5. The van der Waals surface area contributed by atoms with Crippen molar-refractivity contribution >= 4 is 16.7 Å². The molecule has 0 radical (unpaired) electrons. The minimum Gasteiger partial charge on any atom is -0.479 e. The predicted octanol–water partition coefficient (Wildman–Crippen LogP) is 0.595. The summed E-state index contributed by atoms with van der Waals surface area (Å²) in [5.41, 5.74) is 0.657. The van der Waals surface area contributed by atoms with Crippen LogP contribution in [-0.2, 0) is 13.6 Å². The van der Waals surface area contributed by atoms with E-state index in [1.165, 1.54) is 11.8 Å². The second-order valence-corrected chi connectivity index (χ2v) is 4.95. The van der Waals surface area contributed by atoms with Gasteiger partial charge in [-0.25, -0.2) is 5.10 Å². The van der Waals surface area contributed by atoms with Crippen molar-refractivity contribution in [2.24, 2.45) is 7.05 Å². The van der Waals surface area contributed by atoms with Crippen molar-refractivity contribution in [3.05, 3.63) is 52.1 Å². The third kappa shape index (κ3) is 2.78. The van der Waals surface area contributed by atoms with Crippen molar-refractivity contribution < 1.29 is 9.53 Å². The molecule has 8 heteroatoms. The van der Waals surface area contributed by atoms with Crippen LogP contribution in [0.5, 0.6) is 5.88 Å². The molecule has 3 rings (SSSR count). The van der Waals surface area contributed by atoms with Crippen molar-refractivity contribution in [3.8, 4) is 5.88 Å². The zero-order valence-corrected chi connectivity index (χ0v) is 12.7. The molecule has 118 valence electrons. The Bertz CT molecular complexity index is 928. The summed E-state index contributed by atoms with van der Waals surface area (Å²) in [7, 11) is 3.16. The summed E-state index contributed by atoms with van der Waals surface area (Å²) in [6.07, 6.45) is 1.58. The van der Waals surface area contributed by atoms with Crippen LogP contribution in [0.3, 0.4) is 0 Å². The molecular weight excluding hydrogens is 298 g/mol. The molecule has 0 saturated heterocycles. The molecule has 0 atom stereocenters. The Balaban J connectivity index is 1.85. The number of methoxy groups -OCH3 is 1. The van der Waals surface area contributed by atoms with Gasteiger partial charge in [0.2, 0.25) is 5.88 Å². The molecule has 1 amide bonds. The van der Waals surface area contributed by atoms with Crippen LogP contribution in [0, 0.1) is 0 Å². The fraction of sp³-hybridized carbons (Fsp3) is 0.200. The lowest BCUT2D eigenvalue weighted by Crippen LogP contribution is -2.24. The average molecular weight is 313 g/mol. The normalized spacial score (nSPS) is 10.7. The topological polar surface area (TPSA) is 102 Å². The van der Waals surface area contributed by atoms with Crippen LogP contribution in [0.15, 0.2) is 35.3 Å². The van der Waals surface area contributed by atoms with Crippen molar-refractivity contribution in [2.45, 2.75) is 6.54 Å². The van der Waals surface area contributed by atoms with Crippen LogP contribution in [0.1, 0.15) is 16.1 Å². The maximum Gasteiger partial charge on any atom is 0.272 e. The molecule has 2 aromatic heterocycles. The molecule has 0 saturated carbocycles. The molecule has 0 spiro atoms. The fourth-order valence-corrected chi connectivity index (χ4v) is 2.34. The van der Waals surface area contributed by atoms with E-state index in [-0.39, 0.29) is 23.9 Å². The van der Waals surface area contributed by atoms with Gasteiger partial charge in [0.05, 0.1) is 24.7 Å². The Morgan fingerprint density at radius 1 is 1.35 bits per heavy atom. The molecule has 23 heavy (non-hydrogen) atoms. The number of hydrogen-bond donors (Lipinski definition) is 2. The second-order valence-electron chi connectivity index (χ2n) is 4.95. The zero-order valence-electron chi connectivity index (χ0n) is 12.7. The van der Waals surface area contributed by atoms with Crippen LogP contribution in [-0.4, -0.2) is 33.0 Å². The first-order chi connectivity index (χ1) is 11.1. The number of ether oxygens (including phenoxy) is 1. The van der Waals surface area contributed by atoms with Gasteiger partial charge in [-0.3, -0.25) is 14.3 Å². The minimum absolute atomic E-state index is 0.175. The maximum atomic E-state index is 12.3. The highest BCUT2D eigenvalue weighted by molar-refractivity contribution is 5.96. The molecule has 0 bridgehead atoms. The minimum atomic E-state index is -0.327. The van der Waals surface area contributed by atoms with Gasteiger partial charge in [-0.05, 0) is 6.07 Å². The lowest BCUT2D eigenvalue weighted by Gasteiger charge is -2.06. The number of aromatic nitrogens is 4. The third-order valence-electron chi connectivity index (χ3n) is 3.42. The highest BCUT2D eigenvalue weighted by Gasteiger charge is 2.16. The third-order valence-corrected chi connectivity index (χ3v) is 3.42. The molecule has 1 aromatic carbocycles. The molecule has 0 aliphatic carbocycles. The van der Waals surface area contributed by atoms with Crippen molar-refractivity contribution in [2.75, 3.05) is 7.11 Å². The van der Waals surface area contributed by atoms with Gasteiger partial charge in [-0.1, -0.05) is 18.2 Å². The SMILES string of the molecule is COc1nn(C)cc1C(=O)NCc1n[nH]c(=O)c2ccccc12. The number of nitrogens with one attached hydrogen (secondary N) is 2. The number of H-pyrrole nitrogens is 1. The van der Waals surface area contributed by atoms with E-state index < -0.39 is 0 Å². The molecule has 0 unspecified atom stereocenters. The Kier molecular flexibility index (Phi) is 3.80. The summed E-state index contributed by atoms with van der Waals surface area (Å²) in [6, 6.07) is 7.11. The molecule has 3 aromatic rings. The highest BCUT2D eigenvalue weighted by Crippen LogP contribution is 2.15. The first-order valence-corrected chi connectivity index (χ1v) is 6.92. The number of aryl methyl sites for hydroxylation is 1. The number of carbonyl (C=O) groups is 1. The van der Waals surface area contributed by atoms with Crippen LogP contribution in [0.4, 0.5) is 0 Å². The number of carbonyl (C=O) groups excluding carboxylic acids is 1. The standard InChI is InChI=1S/C15H15N5O3/c1-20-8-11(15(19-20)23-2)13(21)16-7-12-9-5-3-4-6-10(9)14(22)18-17-12/h3-6,8H,7H2,1-2H3,(H,16,21)(H,18,22). The number of rotatable bonds is 4. The number of amides is 1. The van der Waals surface area contributed by atoms with E-state index >= 15 is 0 Å². The highest BCUT2D eigenvalue weighted by atomic mass is 16.5. The predicted molar refractivity (Wildman–Crippen MR) is 83.3 cm³/mol. The van der Waals surface area contributed by atoms with Crippen LogP contribution < -0.4 is 15.6 Å². The smallest absolute Gasteiger partial charge is 0.272 e. The lowest BCUT2D eigenvalue weighted by atomic mass is 10.1. The average Bonchev–Trinajstić information content (AvgIpc) is 2.95. The van der Waals surface area contributed by atoms with E-state index in [1.807, 2.05) is 6.07 Å². The number of fused-ring (bicyclic) bond motifs is 1. The molecular formula is C15H15N5O3. The maximum absolute atomic E-state index is 12.3. The molecule has 8 nitrogen and oxygen atoms in total. The molecule has 2 heterocycles. The Hall–Kier alpha value is -3.16. The summed E-state index contributed by atoms with van der Waals surface area (Å²) in [5.74, 6) is -0.0729. The Morgan fingerprint density at radius 2 is 2.09 bits per heavy atom. The summed E-state index contributed by atoms with van der Waals surface area (Å²) < 4.78 is 6.57. The Morgan fingerprint density at radius 3 is 2.83 bits per heavy atom. The van der Waals surface area contributed by atoms with Crippen molar-refractivity contribution in [1.29, 1.82) is 0 Å². The van der Waals surface area contributed by atoms with Gasteiger partial charge < -0.3 is 10.1 Å². The summed E-state index contributed by atoms with van der Waals surface area (Å²) in [4.78, 5) is 24.0. The summed E-state index contributed by atoms with van der Waals surface area (Å²) in [6.45, 7) is 0.175. The number of aromatic amines is 1. The van der Waals surface area contributed by atoms with Gasteiger partial charge in [0.25, 0.3) is 11.5 Å². The van der Waals surface area contributed by atoms with Gasteiger partial charge in [-0.15, -0.1) is 5.10 Å². The fourth-order valence-electron chi connectivity index (χ4n) is 2.34. The van der Waals surface area contributed by atoms with Crippen molar-refractivity contribution in [3.63, 3.8) is 0 Å². The van der Waals surface area contributed by atoms with Gasteiger partial charge in [0.15, 0.2) is 0 Å². The van der Waals surface area contributed by atoms with Crippen LogP contribution in [0.2, 0.25) is 0 Å². The second kappa shape index (κ2) is 5.91. The zero-order chi connectivity index (χ0) is 16.4. The first-order valence-electron chi connectivity index (χ1n) is 6.92. The first kappa shape index (κ1) is 14.8. The monoisotopic (exact) mass is 313 g/mol. The van der Waals surface area contributed by atoms with Crippen molar-refractivity contribution in [1.82, 2.24) is 25.3 Å². The molecule has 0 fully saturated rings. The summed E-state index contributed by atoms with van der Waals surface area (Å²) >= 11 is 0. The van der Waals surface area contributed by atoms with Gasteiger partial charge in [-0.2, -0.15) is 5.10 Å². The Labute approximate surface area is 131 Å². The van der Waals surface area contributed by atoms with E-state index in [0.717, 1.165) is 0 Å². The summed E-state index contributed by atoms with van der Waals surface area (Å²) in [5, 5.41) is 14.5. The van der Waals surface area contributed by atoms with E-state index in [1.54, 1.807) is 31.4 Å². The van der Waals surface area contributed by atoms with Crippen LogP contribution in [0.25, 0.3) is 10.8 Å². The van der Waals surface area contributed by atoms with Crippen LogP contribution >= 0.6 is 0 Å².